The molecule has 0 heterocycles. The highest BCUT2D eigenvalue weighted by molar-refractivity contribution is 14.0. The molecule has 0 aromatic heterocycles. The number of nitrogens with one attached hydrogen (secondary N) is 1. The number of nitrogens with zero attached hydrogens (tertiary/aromatic N) is 1. The van der Waals surface area contributed by atoms with Gasteiger partial charge in [0.25, 0.3) is 0 Å². The summed E-state index contributed by atoms with van der Waals surface area (Å²) in [6, 6.07) is 7.98. The van der Waals surface area contributed by atoms with Crippen molar-refractivity contribution in [2.24, 2.45) is 10.7 Å². The van der Waals surface area contributed by atoms with Crippen LogP contribution in [0.25, 0.3) is 0 Å². The third kappa shape index (κ3) is 6.45. The van der Waals surface area contributed by atoms with Gasteiger partial charge in [-0.05, 0) is 30.5 Å². The predicted octanol–water partition coefficient (Wildman–Crippen LogP) is 2.95. The second kappa shape index (κ2) is 9.21. The number of benzene rings is 1. The fourth-order valence-electron chi connectivity index (χ4n) is 1.32. The summed E-state index contributed by atoms with van der Waals surface area (Å²) in [6.45, 7) is 2.16. The zero-order chi connectivity index (χ0) is 11.8. The first-order valence-electron chi connectivity index (χ1n) is 5.48. The molecule has 0 saturated heterocycles. The highest BCUT2D eigenvalue weighted by atomic mass is 127. The van der Waals surface area contributed by atoms with Crippen LogP contribution in [0.15, 0.2) is 29.3 Å². The summed E-state index contributed by atoms with van der Waals surface area (Å²) in [5.41, 5.74) is 7.81. The molecule has 5 heteroatoms. The van der Waals surface area contributed by atoms with Gasteiger partial charge in [-0.2, -0.15) is 0 Å². The van der Waals surface area contributed by atoms with Crippen LogP contribution in [0, 0.1) is 0 Å². The van der Waals surface area contributed by atoms with Gasteiger partial charge in [0.2, 0.25) is 0 Å². The molecule has 0 unspecified atom stereocenters. The maximum Gasteiger partial charge on any atom is 0.193 e. The molecule has 17 heavy (non-hydrogen) atoms. The molecule has 1 rings (SSSR count). The van der Waals surface area contributed by atoms with Crippen molar-refractivity contribution in [3.05, 3.63) is 29.8 Å². The van der Waals surface area contributed by atoms with Crippen LogP contribution in [-0.4, -0.2) is 19.2 Å². The van der Waals surface area contributed by atoms with E-state index in [0.29, 0.717) is 18.9 Å². The van der Waals surface area contributed by atoms with E-state index in [0.717, 1.165) is 12.1 Å². The van der Waals surface area contributed by atoms with Crippen molar-refractivity contribution in [3.63, 3.8) is 0 Å². The minimum absolute atomic E-state index is 0. The number of guanidine groups is 1. The number of nitrogens with two attached hydrogens (primary N) is 1. The van der Waals surface area contributed by atoms with E-state index < -0.39 is 0 Å². The van der Waals surface area contributed by atoms with E-state index in [4.69, 9.17) is 5.73 Å². The summed E-state index contributed by atoms with van der Waals surface area (Å²) < 4.78 is 11.8. The highest BCUT2D eigenvalue weighted by Gasteiger charge is 1.96. The van der Waals surface area contributed by atoms with E-state index in [2.05, 4.69) is 23.3 Å². The Morgan fingerprint density at radius 3 is 2.88 bits per heavy atom. The summed E-state index contributed by atoms with van der Waals surface area (Å²) in [5, 5.41) is 2.98. The van der Waals surface area contributed by atoms with Gasteiger partial charge in [-0.15, -0.1) is 24.0 Å². The first-order chi connectivity index (χ1) is 7.76. The zero-order valence-corrected chi connectivity index (χ0v) is 12.3. The molecule has 96 valence electrons. The zero-order valence-electron chi connectivity index (χ0n) is 9.95. The fraction of sp³-hybridized carbons (Fsp3) is 0.417. The molecule has 0 fully saturated rings. The van der Waals surface area contributed by atoms with Gasteiger partial charge in [0.05, 0.1) is 6.67 Å². The Morgan fingerprint density at radius 1 is 1.47 bits per heavy atom. The van der Waals surface area contributed by atoms with Crippen molar-refractivity contribution in [2.45, 2.75) is 19.8 Å². The first kappa shape index (κ1) is 16.1. The molecule has 0 spiro atoms. The second-order valence-corrected chi connectivity index (χ2v) is 3.49. The lowest BCUT2D eigenvalue weighted by Crippen LogP contribution is -2.22. The maximum atomic E-state index is 11.8. The van der Waals surface area contributed by atoms with Crippen molar-refractivity contribution in [3.8, 4) is 0 Å². The lowest BCUT2D eigenvalue weighted by molar-refractivity contribution is 0.477. The molecule has 3 nitrogen and oxygen atoms in total. The van der Waals surface area contributed by atoms with Crippen molar-refractivity contribution >= 4 is 35.6 Å². The van der Waals surface area contributed by atoms with Gasteiger partial charge < -0.3 is 11.1 Å². The van der Waals surface area contributed by atoms with Gasteiger partial charge in [0.15, 0.2) is 5.96 Å². The second-order valence-electron chi connectivity index (χ2n) is 3.49. The molecule has 0 aliphatic carbocycles. The average molecular weight is 351 g/mol. The summed E-state index contributed by atoms with van der Waals surface area (Å²) in [6.07, 6.45) is 1.39. The van der Waals surface area contributed by atoms with Gasteiger partial charge in [-0.1, -0.05) is 19.1 Å². The third-order valence-corrected chi connectivity index (χ3v) is 2.18. The van der Waals surface area contributed by atoms with Crippen molar-refractivity contribution in [1.82, 2.24) is 0 Å². The number of hydrogen-bond donors (Lipinski definition) is 2. The number of hydrogen-bond acceptors (Lipinski definition) is 1. The van der Waals surface area contributed by atoms with Gasteiger partial charge in [0, 0.05) is 12.2 Å². The fourth-order valence-corrected chi connectivity index (χ4v) is 1.32. The van der Waals surface area contributed by atoms with Gasteiger partial charge >= 0.3 is 0 Å². The quantitative estimate of drug-likeness (QED) is 0.371. The van der Waals surface area contributed by atoms with Crippen molar-refractivity contribution < 1.29 is 4.39 Å². The number of rotatable bonds is 5. The Morgan fingerprint density at radius 2 is 2.24 bits per heavy atom. The topological polar surface area (TPSA) is 50.4 Å². The SMILES string of the molecule is CCc1cccc(NC(N)=NCCCF)c1.I. The normalized spacial score (nSPS) is 10.8. The van der Waals surface area contributed by atoms with E-state index >= 15 is 0 Å². The van der Waals surface area contributed by atoms with Crippen LogP contribution < -0.4 is 11.1 Å². The van der Waals surface area contributed by atoms with E-state index in [1.165, 1.54) is 5.56 Å². The first-order valence-corrected chi connectivity index (χ1v) is 5.48. The molecule has 0 atom stereocenters. The van der Waals surface area contributed by atoms with E-state index in [-0.39, 0.29) is 30.7 Å². The average Bonchev–Trinajstić information content (AvgIpc) is 2.29. The Labute approximate surface area is 119 Å². The largest absolute Gasteiger partial charge is 0.370 e. The summed E-state index contributed by atoms with van der Waals surface area (Å²) >= 11 is 0. The Balaban J connectivity index is 0.00000256. The Kier molecular flexibility index (Phi) is 8.75. The molecule has 1 aromatic rings. The Bertz CT molecular complexity index is 355. The molecule has 0 aliphatic heterocycles. The number of anilines is 1. The van der Waals surface area contributed by atoms with Crippen molar-refractivity contribution in [2.75, 3.05) is 18.5 Å². The standard InChI is InChI=1S/C12H18FN3.HI/c1-2-10-5-3-6-11(9-10)16-12(14)15-8-4-7-13;/h3,5-6,9H,2,4,7-8H2,1H3,(H3,14,15,16);1H. The molecule has 0 aliphatic rings. The Hall–Kier alpha value is -0.850. The van der Waals surface area contributed by atoms with E-state index in [1.807, 2.05) is 18.2 Å². The van der Waals surface area contributed by atoms with Gasteiger partial charge in [0.1, 0.15) is 0 Å². The number of alkyl halides is 1. The van der Waals surface area contributed by atoms with Crippen LogP contribution in [0.3, 0.4) is 0 Å². The summed E-state index contributed by atoms with van der Waals surface area (Å²) in [7, 11) is 0. The number of aliphatic imine (C=N–C) groups is 1. The van der Waals surface area contributed by atoms with E-state index in [1.54, 1.807) is 0 Å². The van der Waals surface area contributed by atoms with Gasteiger partial charge in [-0.3, -0.25) is 9.38 Å². The number of aryl methyl sites for hydroxylation is 1. The minimum Gasteiger partial charge on any atom is -0.370 e. The number of halogens is 2. The third-order valence-electron chi connectivity index (χ3n) is 2.18. The monoisotopic (exact) mass is 351 g/mol. The molecule has 0 radical (unpaired) electrons. The molecule has 0 saturated carbocycles. The molecular formula is C12H19FIN3. The predicted molar refractivity (Wildman–Crippen MR) is 81.9 cm³/mol. The summed E-state index contributed by atoms with van der Waals surface area (Å²) in [4.78, 5) is 4.01. The van der Waals surface area contributed by atoms with Crippen LogP contribution in [0.4, 0.5) is 10.1 Å². The smallest absolute Gasteiger partial charge is 0.193 e. The van der Waals surface area contributed by atoms with Crippen LogP contribution in [0.2, 0.25) is 0 Å². The van der Waals surface area contributed by atoms with Gasteiger partial charge in [-0.25, -0.2) is 0 Å². The molecule has 0 bridgehead atoms. The lowest BCUT2D eigenvalue weighted by Gasteiger charge is -2.06. The lowest BCUT2D eigenvalue weighted by atomic mass is 10.1. The summed E-state index contributed by atoms with van der Waals surface area (Å²) in [5.74, 6) is 0.335. The molecule has 1 aromatic carbocycles. The molecular weight excluding hydrogens is 332 g/mol. The highest BCUT2D eigenvalue weighted by Crippen LogP contribution is 2.10. The molecule has 3 N–H and O–H groups in total. The maximum absolute atomic E-state index is 11.8. The van der Waals surface area contributed by atoms with Crippen molar-refractivity contribution in [1.29, 1.82) is 0 Å². The molecule has 0 amide bonds. The van der Waals surface area contributed by atoms with Crippen LogP contribution in [0.1, 0.15) is 18.9 Å². The van der Waals surface area contributed by atoms with Crippen LogP contribution in [-0.2, 0) is 6.42 Å². The van der Waals surface area contributed by atoms with E-state index in [9.17, 15) is 4.39 Å². The van der Waals surface area contributed by atoms with Crippen LogP contribution >= 0.6 is 24.0 Å². The van der Waals surface area contributed by atoms with Crippen LogP contribution in [0.5, 0.6) is 0 Å². The minimum atomic E-state index is -0.359.